The summed E-state index contributed by atoms with van der Waals surface area (Å²) in [6.07, 6.45) is 1.64. The number of amides is 2. The molecular formula is C15H29N3O2. The van der Waals surface area contributed by atoms with Gasteiger partial charge in [-0.25, -0.2) is 0 Å². The van der Waals surface area contributed by atoms with E-state index in [0.29, 0.717) is 6.54 Å². The zero-order chi connectivity index (χ0) is 15.5. The summed E-state index contributed by atoms with van der Waals surface area (Å²) in [4.78, 5) is 24.1. The van der Waals surface area contributed by atoms with Gasteiger partial charge in [-0.05, 0) is 38.0 Å². The molecule has 0 bridgehead atoms. The van der Waals surface area contributed by atoms with Crippen LogP contribution in [0.3, 0.4) is 0 Å². The molecule has 4 unspecified atom stereocenters. The summed E-state index contributed by atoms with van der Waals surface area (Å²) in [7, 11) is 0. The Morgan fingerprint density at radius 3 is 2.50 bits per heavy atom. The molecule has 1 fully saturated rings. The number of likely N-dealkylation sites (N-methyl/N-ethyl adjacent to an activating group) is 1. The first kappa shape index (κ1) is 17.0. The number of hydrogen-bond donors (Lipinski definition) is 3. The van der Waals surface area contributed by atoms with Gasteiger partial charge >= 0.3 is 0 Å². The van der Waals surface area contributed by atoms with E-state index >= 15 is 0 Å². The minimum atomic E-state index is -0.496. The molecule has 1 rings (SSSR count). The summed E-state index contributed by atoms with van der Waals surface area (Å²) in [5.74, 6) is 0.0210. The lowest BCUT2D eigenvalue weighted by molar-refractivity contribution is -0.136. The molecule has 0 aliphatic heterocycles. The lowest BCUT2D eigenvalue weighted by atomic mass is 9.61. The molecule has 0 aromatic carbocycles. The van der Waals surface area contributed by atoms with E-state index in [0.717, 1.165) is 12.8 Å². The molecular weight excluding hydrogens is 254 g/mol. The summed E-state index contributed by atoms with van der Waals surface area (Å²) in [6.45, 7) is 10.4. The molecule has 116 valence electrons. The lowest BCUT2D eigenvalue weighted by Gasteiger charge is -2.46. The van der Waals surface area contributed by atoms with Gasteiger partial charge in [-0.3, -0.25) is 9.59 Å². The summed E-state index contributed by atoms with van der Waals surface area (Å²) in [5.41, 5.74) is 5.96. The van der Waals surface area contributed by atoms with E-state index in [9.17, 15) is 9.59 Å². The fourth-order valence-corrected chi connectivity index (χ4v) is 3.03. The Morgan fingerprint density at radius 2 is 1.95 bits per heavy atom. The summed E-state index contributed by atoms with van der Waals surface area (Å²) in [5, 5.41) is 5.55. The van der Waals surface area contributed by atoms with E-state index in [-0.39, 0.29) is 35.1 Å². The fourth-order valence-electron chi connectivity index (χ4n) is 3.03. The van der Waals surface area contributed by atoms with Crippen LogP contribution in [-0.2, 0) is 9.59 Å². The van der Waals surface area contributed by atoms with Crippen LogP contribution in [0.1, 0.15) is 47.5 Å². The molecule has 0 aromatic rings. The van der Waals surface area contributed by atoms with Crippen molar-refractivity contribution in [3.63, 3.8) is 0 Å². The molecule has 20 heavy (non-hydrogen) atoms. The third-order valence-corrected chi connectivity index (χ3v) is 4.92. The lowest BCUT2D eigenvalue weighted by Crippen LogP contribution is -2.54. The molecule has 0 aromatic heterocycles. The predicted octanol–water partition coefficient (Wildman–Crippen LogP) is 1.03. The van der Waals surface area contributed by atoms with Crippen LogP contribution in [0, 0.1) is 17.3 Å². The first-order valence-electron chi connectivity index (χ1n) is 7.55. The van der Waals surface area contributed by atoms with Crippen molar-refractivity contribution in [1.82, 2.24) is 10.6 Å². The van der Waals surface area contributed by atoms with Crippen LogP contribution in [0.15, 0.2) is 0 Å². The van der Waals surface area contributed by atoms with Gasteiger partial charge in [0.1, 0.15) is 6.04 Å². The van der Waals surface area contributed by atoms with Gasteiger partial charge in [0.2, 0.25) is 11.8 Å². The Balaban J connectivity index is 2.70. The summed E-state index contributed by atoms with van der Waals surface area (Å²) in [6, 6.07) is -0.348. The maximum Gasteiger partial charge on any atom is 0.242 e. The van der Waals surface area contributed by atoms with Crippen molar-refractivity contribution in [2.24, 2.45) is 23.0 Å². The van der Waals surface area contributed by atoms with Crippen LogP contribution in [0.4, 0.5) is 0 Å². The Kier molecular flexibility index (Phi) is 5.57. The third-order valence-electron chi connectivity index (χ3n) is 4.92. The maximum absolute atomic E-state index is 12.5. The van der Waals surface area contributed by atoms with Crippen molar-refractivity contribution < 1.29 is 9.59 Å². The highest BCUT2D eigenvalue weighted by molar-refractivity contribution is 5.88. The number of carbonyl (C=O) groups excluding carboxylic acids is 2. The number of carbonyl (C=O) groups is 2. The topological polar surface area (TPSA) is 84.2 Å². The molecule has 1 aliphatic rings. The second-order valence-corrected chi connectivity index (χ2v) is 6.53. The first-order valence-corrected chi connectivity index (χ1v) is 7.55. The molecule has 0 saturated heterocycles. The van der Waals surface area contributed by atoms with E-state index in [2.05, 4.69) is 31.4 Å². The molecule has 0 heterocycles. The maximum atomic E-state index is 12.5. The molecule has 2 amide bonds. The smallest absolute Gasteiger partial charge is 0.242 e. The van der Waals surface area contributed by atoms with Gasteiger partial charge < -0.3 is 16.4 Å². The first-order chi connectivity index (χ1) is 9.21. The van der Waals surface area contributed by atoms with Crippen molar-refractivity contribution in [2.45, 2.75) is 59.5 Å². The van der Waals surface area contributed by atoms with Crippen molar-refractivity contribution in [3.05, 3.63) is 0 Å². The van der Waals surface area contributed by atoms with Gasteiger partial charge in [0.25, 0.3) is 0 Å². The number of hydrogen-bond acceptors (Lipinski definition) is 3. The minimum Gasteiger partial charge on any atom is -0.355 e. The van der Waals surface area contributed by atoms with Gasteiger partial charge in [0, 0.05) is 18.5 Å². The fraction of sp³-hybridized carbons (Fsp3) is 0.867. The van der Waals surface area contributed by atoms with Gasteiger partial charge in [0.15, 0.2) is 0 Å². The zero-order valence-corrected chi connectivity index (χ0v) is 13.3. The number of rotatable bonds is 4. The highest BCUT2D eigenvalue weighted by atomic mass is 16.2. The highest BCUT2D eigenvalue weighted by Gasteiger charge is 2.45. The van der Waals surface area contributed by atoms with E-state index in [1.54, 1.807) is 6.92 Å². The molecule has 5 nitrogen and oxygen atoms in total. The average molecular weight is 283 g/mol. The standard InChI is InChI=1S/C15H29N3O2/c1-6-17-13(19)10(3)18-14(20)11-7-8-12(16)9(2)15(11,4)5/h9-12H,6-8,16H2,1-5H3,(H,17,19)(H,18,20). The molecule has 4 N–H and O–H groups in total. The van der Waals surface area contributed by atoms with Crippen LogP contribution in [0.2, 0.25) is 0 Å². The van der Waals surface area contributed by atoms with Gasteiger partial charge in [-0.15, -0.1) is 0 Å². The highest BCUT2D eigenvalue weighted by Crippen LogP contribution is 2.44. The van der Waals surface area contributed by atoms with E-state index in [4.69, 9.17) is 5.73 Å². The summed E-state index contributed by atoms with van der Waals surface area (Å²) >= 11 is 0. The molecule has 1 saturated carbocycles. The molecule has 0 spiro atoms. The second kappa shape index (κ2) is 6.57. The third kappa shape index (κ3) is 3.51. The van der Waals surface area contributed by atoms with Gasteiger partial charge in [-0.1, -0.05) is 20.8 Å². The SMILES string of the molecule is CCNC(=O)C(C)NC(=O)C1CCC(N)C(C)C1(C)C. The Bertz CT molecular complexity index is 368. The van der Waals surface area contributed by atoms with Crippen LogP contribution in [0.5, 0.6) is 0 Å². The van der Waals surface area contributed by atoms with Gasteiger partial charge in [-0.2, -0.15) is 0 Å². The largest absolute Gasteiger partial charge is 0.355 e. The van der Waals surface area contributed by atoms with E-state index < -0.39 is 6.04 Å². The Hall–Kier alpha value is -1.10. The molecule has 5 heteroatoms. The quantitative estimate of drug-likeness (QED) is 0.720. The van der Waals surface area contributed by atoms with Crippen LogP contribution < -0.4 is 16.4 Å². The Morgan fingerprint density at radius 1 is 1.35 bits per heavy atom. The van der Waals surface area contributed by atoms with Crippen molar-refractivity contribution in [1.29, 1.82) is 0 Å². The number of nitrogens with two attached hydrogens (primary N) is 1. The Labute approximate surface area is 122 Å². The monoisotopic (exact) mass is 283 g/mol. The molecule has 1 aliphatic carbocycles. The van der Waals surface area contributed by atoms with Crippen molar-refractivity contribution >= 4 is 11.8 Å². The zero-order valence-electron chi connectivity index (χ0n) is 13.3. The van der Waals surface area contributed by atoms with Crippen molar-refractivity contribution in [2.75, 3.05) is 6.54 Å². The van der Waals surface area contributed by atoms with Crippen molar-refractivity contribution in [3.8, 4) is 0 Å². The second-order valence-electron chi connectivity index (χ2n) is 6.53. The van der Waals surface area contributed by atoms with E-state index in [1.165, 1.54) is 0 Å². The molecule has 4 atom stereocenters. The van der Waals surface area contributed by atoms with Crippen LogP contribution in [0.25, 0.3) is 0 Å². The number of nitrogens with one attached hydrogen (secondary N) is 2. The summed E-state index contributed by atoms with van der Waals surface area (Å²) < 4.78 is 0. The van der Waals surface area contributed by atoms with E-state index in [1.807, 2.05) is 6.92 Å². The van der Waals surface area contributed by atoms with Crippen LogP contribution in [-0.4, -0.2) is 30.4 Å². The predicted molar refractivity (Wildman–Crippen MR) is 79.9 cm³/mol. The van der Waals surface area contributed by atoms with Gasteiger partial charge in [0.05, 0.1) is 0 Å². The normalized spacial score (nSPS) is 30.4. The van der Waals surface area contributed by atoms with Crippen LogP contribution >= 0.6 is 0 Å². The average Bonchev–Trinajstić information content (AvgIpc) is 2.36. The minimum absolute atomic E-state index is 0.0347. The molecule has 0 radical (unpaired) electrons.